The van der Waals surface area contributed by atoms with Gasteiger partial charge >= 0.3 is 0 Å². The number of nitrogens with one attached hydrogen (secondary N) is 1. The first-order valence-electron chi connectivity index (χ1n) is 8.51. The molecule has 0 amide bonds. The molecular formula is C17H27N7. The Morgan fingerprint density at radius 3 is 2.62 bits per heavy atom. The van der Waals surface area contributed by atoms with Crippen LogP contribution in [0.3, 0.4) is 0 Å². The van der Waals surface area contributed by atoms with Gasteiger partial charge in [-0.05, 0) is 63.0 Å². The Balaban J connectivity index is 1.69. The SMILES string of the molecule is CN(C)CCNC1CCc2ccc(-n3nc(N)nc3N)cc2CC1. The van der Waals surface area contributed by atoms with E-state index in [1.165, 1.54) is 17.5 Å². The number of benzene rings is 1. The van der Waals surface area contributed by atoms with Crippen LogP contribution >= 0.6 is 0 Å². The number of likely N-dealkylation sites (N-methyl/N-ethyl adjacent to an activating group) is 1. The van der Waals surface area contributed by atoms with Gasteiger partial charge in [0.2, 0.25) is 11.9 Å². The number of anilines is 2. The Bertz CT molecular complexity index is 692. The lowest BCUT2D eigenvalue weighted by Gasteiger charge is -2.18. The highest BCUT2D eigenvalue weighted by atomic mass is 15.4. The molecule has 3 rings (SSSR count). The van der Waals surface area contributed by atoms with Crippen molar-refractivity contribution in [2.24, 2.45) is 0 Å². The molecule has 1 heterocycles. The Hall–Kier alpha value is -2.12. The molecule has 1 aliphatic rings. The summed E-state index contributed by atoms with van der Waals surface area (Å²) in [6.07, 6.45) is 4.49. The third-order valence-corrected chi connectivity index (χ3v) is 4.60. The van der Waals surface area contributed by atoms with E-state index in [0.717, 1.165) is 38.0 Å². The minimum Gasteiger partial charge on any atom is -0.368 e. The molecule has 0 fully saturated rings. The van der Waals surface area contributed by atoms with Gasteiger partial charge in [0.1, 0.15) is 0 Å². The van der Waals surface area contributed by atoms with Crippen LogP contribution in [0.5, 0.6) is 0 Å². The number of nitrogen functional groups attached to an aromatic ring is 2. The van der Waals surface area contributed by atoms with E-state index in [1.54, 1.807) is 4.68 Å². The summed E-state index contributed by atoms with van der Waals surface area (Å²) >= 11 is 0. The van der Waals surface area contributed by atoms with Gasteiger partial charge in [0.25, 0.3) is 0 Å². The summed E-state index contributed by atoms with van der Waals surface area (Å²) in [6, 6.07) is 6.97. The molecule has 7 heteroatoms. The first kappa shape index (κ1) is 16.7. The second-order valence-electron chi connectivity index (χ2n) is 6.72. The van der Waals surface area contributed by atoms with E-state index in [1.807, 2.05) is 6.07 Å². The molecular weight excluding hydrogens is 302 g/mol. The van der Waals surface area contributed by atoms with Crippen molar-refractivity contribution in [1.82, 2.24) is 25.0 Å². The molecule has 1 aromatic carbocycles. The standard InChI is InChI=1S/C17H27N7/c1-23(2)10-9-20-14-6-3-12-5-8-15(11-13(12)4-7-14)24-17(19)21-16(18)22-24/h5,8,11,14,20H,3-4,6-7,9-10H2,1-2H3,(H4,18,19,21,22). The average molecular weight is 329 g/mol. The molecule has 1 aliphatic carbocycles. The average Bonchev–Trinajstić information content (AvgIpc) is 2.76. The van der Waals surface area contributed by atoms with E-state index in [9.17, 15) is 0 Å². The van der Waals surface area contributed by atoms with Crippen LogP contribution in [0, 0.1) is 0 Å². The van der Waals surface area contributed by atoms with Gasteiger partial charge in [0, 0.05) is 19.1 Å². The minimum atomic E-state index is 0.201. The molecule has 0 radical (unpaired) electrons. The molecule has 1 atom stereocenters. The minimum absolute atomic E-state index is 0.201. The summed E-state index contributed by atoms with van der Waals surface area (Å²) in [4.78, 5) is 6.18. The highest BCUT2D eigenvalue weighted by Crippen LogP contribution is 2.24. The lowest BCUT2D eigenvalue weighted by atomic mass is 10.0. The number of aryl methyl sites for hydroxylation is 2. The summed E-state index contributed by atoms with van der Waals surface area (Å²) in [5.74, 6) is 0.525. The Labute approximate surface area is 143 Å². The summed E-state index contributed by atoms with van der Waals surface area (Å²) < 4.78 is 1.60. The van der Waals surface area contributed by atoms with Gasteiger partial charge in [-0.3, -0.25) is 0 Å². The maximum atomic E-state index is 5.88. The van der Waals surface area contributed by atoms with Crippen molar-refractivity contribution in [2.75, 3.05) is 38.7 Å². The fourth-order valence-corrected chi connectivity index (χ4v) is 3.25. The van der Waals surface area contributed by atoms with Gasteiger partial charge in [-0.25, -0.2) is 0 Å². The molecule has 0 aliphatic heterocycles. The molecule has 0 saturated carbocycles. The van der Waals surface area contributed by atoms with Gasteiger partial charge in [0.15, 0.2) is 0 Å². The first-order valence-corrected chi connectivity index (χ1v) is 8.51. The van der Waals surface area contributed by atoms with Crippen LogP contribution in [0.2, 0.25) is 0 Å². The number of aromatic nitrogens is 3. The predicted octanol–water partition coefficient (Wildman–Crippen LogP) is 0.830. The van der Waals surface area contributed by atoms with Gasteiger partial charge in [-0.15, -0.1) is 5.10 Å². The molecule has 7 nitrogen and oxygen atoms in total. The Kier molecular flexibility index (Phi) is 5.01. The van der Waals surface area contributed by atoms with E-state index in [-0.39, 0.29) is 5.95 Å². The molecule has 0 bridgehead atoms. The molecule has 5 N–H and O–H groups in total. The van der Waals surface area contributed by atoms with Crippen molar-refractivity contribution in [1.29, 1.82) is 0 Å². The summed E-state index contributed by atoms with van der Waals surface area (Å²) in [6.45, 7) is 2.11. The van der Waals surface area contributed by atoms with Gasteiger partial charge < -0.3 is 21.7 Å². The Morgan fingerprint density at radius 1 is 1.21 bits per heavy atom. The third-order valence-electron chi connectivity index (χ3n) is 4.60. The van der Waals surface area contributed by atoms with Crippen molar-refractivity contribution in [3.05, 3.63) is 29.3 Å². The molecule has 24 heavy (non-hydrogen) atoms. The number of fused-ring (bicyclic) bond motifs is 1. The van der Waals surface area contributed by atoms with Crippen molar-refractivity contribution in [2.45, 2.75) is 31.7 Å². The fourth-order valence-electron chi connectivity index (χ4n) is 3.25. The summed E-state index contributed by atoms with van der Waals surface area (Å²) in [7, 11) is 4.21. The van der Waals surface area contributed by atoms with Crippen molar-refractivity contribution < 1.29 is 0 Å². The maximum absolute atomic E-state index is 5.88. The van der Waals surface area contributed by atoms with Crippen LogP contribution in [0.1, 0.15) is 24.0 Å². The van der Waals surface area contributed by atoms with E-state index < -0.39 is 0 Å². The number of nitrogens with zero attached hydrogens (tertiary/aromatic N) is 4. The molecule has 0 spiro atoms. The highest BCUT2D eigenvalue weighted by Gasteiger charge is 2.17. The van der Waals surface area contributed by atoms with Gasteiger partial charge in [-0.2, -0.15) is 9.67 Å². The predicted molar refractivity (Wildman–Crippen MR) is 97.2 cm³/mol. The van der Waals surface area contributed by atoms with E-state index in [2.05, 4.69) is 46.5 Å². The molecule has 1 unspecified atom stereocenters. The van der Waals surface area contributed by atoms with Crippen molar-refractivity contribution in [3.63, 3.8) is 0 Å². The van der Waals surface area contributed by atoms with Crippen LogP contribution in [-0.2, 0) is 12.8 Å². The molecule has 130 valence electrons. The first-order chi connectivity index (χ1) is 11.5. The molecule has 1 aromatic heterocycles. The molecule has 0 saturated heterocycles. The number of rotatable bonds is 5. The van der Waals surface area contributed by atoms with Crippen LogP contribution in [-0.4, -0.2) is 52.9 Å². The zero-order valence-electron chi connectivity index (χ0n) is 14.5. The van der Waals surface area contributed by atoms with Crippen molar-refractivity contribution >= 4 is 11.9 Å². The fraction of sp³-hybridized carbons (Fsp3) is 0.529. The van der Waals surface area contributed by atoms with E-state index in [0.29, 0.717) is 12.0 Å². The van der Waals surface area contributed by atoms with Gasteiger partial charge in [-0.1, -0.05) is 6.07 Å². The van der Waals surface area contributed by atoms with Crippen LogP contribution < -0.4 is 16.8 Å². The van der Waals surface area contributed by atoms with Crippen LogP contribution in [0.4, 0.5) is 11.9 Å². The Morgan fingerprint density at radius 2 is 1.96 bits per heavy atom. The topological polar surface area (TPSA) is 98.0 Å². The lowest BCUT2D eigenvalue weighted by molar-refractivity contribution is 0.372. The number of hydrogen-bond donors (Lipinski definition) is 3. The quantitative estimate of drug-likeness (QED) is 0.703. The second-order valence-corrected chi connectivity index (χ2v) is 6.72. The number of nitrogens with two attached hydrogens (primary N) is 2. The van der Waals surface area contributed by atoms with Crippen molar-refractivity contribution in [3.8, 4) is 5.69 Å². The normalized spacial score (nSPS) is 17.7. The van der Waals surface area contributed by atoms with E-state index >= 15 is 0 Å². The lowest BCUT2D eigenvalue weighted by Crippen LogP contribution is -2.35. The summed E-state index contributed by atoms with van der Waals surface area (Å²) in [5, 5.41) is 7.85. The number of hydrogen-bond acceptors (Lipinski definition) is 6. The highest BCUT2D eigenvalue weighted by molar-refractivity contribution is 5.45. The zero-order valence-corrected chi connectivity index (χ0v) is 14.5. The van der Waals surface area contributed by atoms with Crippen LogP contribution in [0.25, 0.3) is 5.69 Å². The van der Waals surface area contributed by atoms with Gasteiger partial charge in [0.05, 0.1) is 5.69 Å². The second kappa shape index (κ2) is 7.19. The maximum Gasteiger partial charge on any atom is 0.241 e. The molecule has 2 aromatic rings. The third kappa shape index (κ3) is 3.85. The zero-order chi connectivity index (χ0) is 17.1. The van der Waals surface area contributed by atoms with Crippen LogP contribution in [0.15, 0.2) is 18.2 Å². The smallest absolute Gasteiger partial charge is 0.241 e. The van der Waals surface area contributed by atoms with E-state index in [4.69, 9.17) is 11.5 Å². The summed E-state index contributed by atoms with van der Waals surface area (Å²) in [5.41, 5.74) is 15.2. The largest absolute Gasteiger partial charge is 0.368 e. The monoisotopic (exact) mass is 329 g/mol.